The van der Waals surface area contributed by atoms with Crippen molar-refractivity contribution in [2.24, 2.45) is 7.05 Å². The second kappa shape index (κ2) is 3.40. The standard InChI is InChI=1S/C8H7N5O4/c1-13-5-2(6(15)11-8(9)10-5)4(14)3(12-13)7(16)17/h1H3,(H,16,17)(H3,9,10,11,15). The molecule has 2 aromatic rings. The van der Waals surface area contributed by atoms with Gasteiger partial charge in [-0.25, -0.2) is 9.48 Å². The molecule has 0 saturated carbocycles. The lowest BCUT2D eigenvalue weighted by atomic mass is 10.3. The second-order valence-electron chi connectivity index (χ2n) is 3.26. The average Bonchev–Trinajstić information content (AvgIpc) is 2.21. The van der Waals surface area contributed by atoms with E-state index >= 15 is 0 Å². The summed E-state index contributed by atoms with van der Waals surface area (Å²) in [6.45, 7) is 0. The fourth-order valence-electron chi connectivity index (χ4n) is 1.42. The van der Waals surface area contributed by atoms with Gasteiger partial charge in [0.05, 0.1) is 0 Å². The summed E-state index contributed by atoms with van der Waals surface area (Å²) in [4.78, 5) is 39.8. The number of carbonyl (C=O) groups is 1. The number of aromatic nitrogens is 4. The van der Waals surface area contributed by atoms with Crippen molar-refractivity contribution in [3.05, 3.63) is 26.3 Å². The molecule has 0 amide bonds. The molecule has 0 spiro atoms. The molecule has 2 rings (SSSR count). The van der Waals surface area contributed by atoms with E-state index < -0.39 is 22.7 Å². The number of fused-ring (bicyclic) bond motifs is 1. The van der Waals surface area contributed by atoms with Gasteiger partial charge in [-0.15, -0.1) is 0 Å². The number of rotatable bonds is 1. The summed E-state index contributed by atoms with van der Waals surface area (Å²) >= 11 is 0. The van der Waals surface area contributed by atoms with E-state index in [4.69, 9.17) is 10.8 Å². The van der Waals surface area contributed by atoms with Crippen molar-refractivity contribution in [1.29, 1.82) is 0 Å². The van der Waals surface area contributed by atoms with E-state index in [2.05, 4.69) is 15.1 Å². The van der Waals surface area contributed by atoms with Crippen LogP contribution in [0.4, 0.5) is 5.95 Å². The van der Waals surface area contributed by atoms with Crippen LogP contribution < -0.4 is 16.7 Å². The Balaban J connectivity index is 3.10. The number of nitrogens with two attached hydrogens (primary N) is 1. The monoisotopic (exact) mass is 237 g/mol. The summed E-state index contributed by atoms with van der Waals surface area (Å²) in [6.07, 6.45) is 0. The van der Waals surface area contributed by atoms with Crippen molar-refractivity contribution in [3.8, 4) is 0 Å². The Morgan fingerprint density at radius 1 is 1.47 bits per heavy atom. The summed E-state index contributed by atoms with van der Waals surface area (Å²) in [5.41, 5.74) is 2.73. The molecule has 0 aliphatic heterocycles. The van der Waals surface area contributed by atoms with Crippen molar-refractivity contribution >= 4 is 23.0 Å². The molecule has 4 N–H and O–H groups in total. The number of nitrogen functional groups attached to an aromatic ring is 1. The van der Waals surface area contributed by atoms with Gasteiger partial charge in [0.15, 0.2) is 5.65 Å². The molecule has 0 aromatic carbocycles. The molecule has 0 atom stereocenters. The lowest BCUT2D eigenvalue weighted by Crippen LogP contribution is -2.28. The summed E-state index contributed by atoms with van der Waals surface area (Å²) in [6, 6.07) is 0. The van der Waals surface area contributed by atoms with E-state index in [0.717, 1.165) is 4.68 Å². The third kappa shape index (κ3) is 1.53. The van der Waals surface area contributed by atoms with Crippen molar-refractivity contribution < 1.29 is 9.90 Å². The highest BCUT2D eigenvalue weighted by atomic mass is 16.4. The van der Waals surface area contributed by atoms with Crippen LogP contribution in [-0.2, 0) is 7.05 Å². The molecule has 2 aromatic heterocycles. The van der Waals surface area contributed by atoms with Gasteiger partial charge in [0, 0.05) is 7.05 Å². The van der Waals surface area contributed by atoms with Crippen LogP contribution in [0.2, 0.25) is 0 Å². The van der Waals surface area contributed by atoms with E-state index in [1.165, 1.54) is 7.05 Å². The number of carboxylic acid groups (broad SMARTS) is 1. The predicted molar refractivity (Wildman–Crippen MR) is 56.8 cm³/mol. The number of anilines is 1. The minimum absolute atomic E-state index is 0.0683. The van der Waals surface area contributed by atoms with Gasteiger partial charge in [-0.05, 0) is 0 Å². The topological polar surface area (TPSA) is 144 Å². The van der Waals surface area contributed by atoms with Crippen LogP contribution in [0.15, 0.2) is 9.59 Å². The van der Waals surface area contributed by atoms with Crippen molar-refractivity contribution in [2.75, 3.05) is 5.73 Å². The van der Waals surface area contributed by atoms with Crippen LogP contribution in [0, 0.1) is 0 Å². The lowest BCUT2D eigenvalue weighted by Gasteiger charge is -2.04. The number of nitrogens with zero attached hydrogens (tertiary/aromatic N) is 3. The summed E-state index contributed by atoms with van der Waals surface area (Å²) in [7, 11) is 1.36. The minimum atomic E-state index is -1.51. The Morgan fingerprint density at radius 3 is 2.71 bits per heavy atom. The highest BCUT2D eigenvalue weighted by Crippen LogP contribution is 2.02. The van der Waals surface area contributed by atoms with Crippen LogP contribution in [0.3, 0.4) is 0 Å². The number of aryl methyl sites for hydroxylation is 1. The van der Waals surface area contributed by atoms with Crippen molar-refractivity contribution in [1.82, 2.24) is 19.7 Å². The van der Waals surface area contributed by atoms with Crippen LogP contribution in [0.1, 0.15) is 10.5 Å². The normalized spacial score (nSPS) is 10.6. The SMILES string of the molecule is Cn1nc(C(=O)O)c(=O)c2c(=O)[nH]c(N)nc21. The number of hydrogen-bond acceptors (Lipinski definition) is 6. The van der Waals surface area contributed by atoms with Crippen LogP contribution in [-0.4, -0.2) is 30.8 Å². The molecule has 88 valence electrons. The van der Waals surface area contributed by atoms with E-state index in [1.54, 1.807) is 0 Å². The van der Waals surface area contributed by atoms with E-state index in [0.29, 0.717) is 0 Å². The first-order valence-corrected chi connectivity index (χ1v) is 4.42. The Bertz CT molecular complexity index is 744. The predicted octanol–water partition coefficient (Wildman–Crippen LogP) is -1.70. The summed E-state index contributed by atoms with van der Waals surface area (Å²) in [5, 5.41) is 11.9. The van der Waals surface area contributed by atoms with Crippen LogP contribution in [0.5, 0.6) is 0 Å². The highest BCUT2D eigenvalue weighted by Gasteiger charge is 2.18. The number of aromatic carboxylic acids is 1. The maximum absolute atomic E-state index is 11.7. The van der Waals surface area contributed by atoms with Gasteiger partial charge in [-0.1, -0.05) is 0 Å². The maximum atomic E-state index is 11.7. The fourth-order valence-corrected chi connectivity index (χ4v) is 1.42. The van der Waals surface area contributed by atoms with Crippen molar-refractivity contribution in [2.45, 2.75) is 0 Å². The van der Waals surface area contributed by atoms with Gasteiger partial charge in [-0.2, -0.15) is 10.1 Å². The minimum Gasteiger partial charge on any atom is -0.476 e. The third-order valence-electron chi connectivity index (χ3n) is 2.12. The smallest absolute Gasteiger partial charge is 0.360 e. The molecular weight excluding hydrogens is 230 g/mol. The molecule has 9 heteroatoms. The van der Waals surface area contributed by atoms with E-state index in [9.17, 15) is 14.4 Å². The molecule has 0 radical (unpaired) electrons. The molecule has 0 fully saturated rings. The zero-order valence-electron chi connectivity index (χ0n) is 8.59. The van der Waals surface area contributed by atoms with Gasteiger partial charge in [0.1, 0.15) is 5.39 Å². The molecule has 9 nitrogen and oxygen atoms in total. The first kappa shape index (κ1) is 10.8. The number of H-pyrrole nitrogens is 1. The van der Waals surface area contributed by atoms with E-state index in [1.807, 2.05) is 0 Å². The lowest BCUT2D eigenvalue weighted by molar-refractivity contribution is 0.0687. The molecule has 2 heterocycles. The molecule has 0 aliphatic rings. The second-order valence-corrected chi connectivity index (χ2v) is 3.26. The largest absolute Gasteiger partial charge is 0.476 e. The van der Waals surface area contributed by atoms with Crippen molar-refractivity contribution in [3.63, 3.8) is 0 Å². The maximum Gasteiger partial charge on any atom is 0.360 e. The first-order chi connectivity index (χ1) is 7.91. The molecule has 17 heavy (non-hydrogen) atoms. The quantitative estimate of drug-likeness (QED) is 0.535. The fraction of sp³-hybridized carbons (Fsp3) is 0.125. The summed E-state index contributed by atoms with van der Waals surface area (Å²) < 4.78 is 1.02. The highest BCUT2D eigenvalue weighted by molar-refractivity contribution is 5.89. The number of nitrogens with one attached hydrogen (secondary N) is 1. The zero-order valence-corrected chi connectivity index (χ0v) is 8.59. The molecule has 0 aliphatic carbocycles. The molecule has 0 saturated heterocycles. The van der Waals surface area contributed by atoms with Gasteiger partial charge in [0.25, 0.3) is 5.56 Å². The van der Waals surface area contributed by atoms with Crippen LogP contribution >= 0.6 is 0 Å². The van der Waals surface area contributed by atoms with Gasteiger partial charge >= 0.3 is 5.97 Å². The Kier molecular flexibility index (Phi) is 2.16. The number of aromatic amines is 1. The van der Waals surface area contributed by atoms with Crippen LogP contribution in [0.25, 0.3) is 11.0 Å². The number of carboxylic acids is 1. The van der Waals surface area contributed by atoms with E-state index in [-0.39, 0.29) is 17.0 Å². The summed E-state index contributed by atoms with van der Waals surface area (Å²) in [5.74, 6) is -1.69. The number of hydrogen-bond donors (Lipinski definition) is 3. The Hall–Kier alpha value is -2.71. The molecular formula is C8H7N5O4. The average molecular weight is 237 g/mol. The Labute approximate surface area is 92.5 Å². The third-order valence-corrected chi connectivity index (χ3v) is 2.12. The van der Waals surface area contributed by atoms with Gasteiger partial charge < -0.3 is 10.8 Å². The molecule has 0 unspecified atom stereocenters. The zero-order chi connectivity index (χ0) is 12.7. The van der Waals surface area contributed by atoms with Gasteiger partial charge in [-0.3, -0.25) is 14.6 Å². The van der Waals surface area contributed by atoms with Gasteiger partial charge in [0.2, 0.25) is 17.1 Å². The first-order valence-electron chi connectivity index (χ1n) is 4.42. The molecule has 0 bridgehead atoms. The Morgan fingerprint density at radius 2 is 2.12 bits per heavy atom.